The van der Waals surface area contributed by atoms with Gasteiger partial charge < -0.3 is 10.4 Å². The van der Waals surface area contributed by atoms with E-state index in [1.165, 1.54) is 12.1 Å². The molecule has 106 valence electrons. The lowest BCUT2D eigenvalue weighted by atomic mass is 9.92. The smallest absolute Gasteiger partial charge is 0.146 e. The lowest BCUT2D eigenvalue weighted by molar-refractivity contribution is 0.220. The van der Waals surface area contributed by atoms with E-state index in [1.807, 2.05) is 0 Å². The summed E-state index contributed by atoms with van der Waals surface area (Å²) in [7, 11) is 0. The number of hydrogen-bond donors (Lipinski definition) is 2. The van der Waals surface area contributed by atoms with Gasteiger partial charge in [0.15, 0.2) is 0 Å². The number of benzene rings is 2. The van der Waals surface area contributed by atoms with Gasteiger partial charge in [-0.3, -0.25) is 0 Å². The molecule has 0 radical (unpaired) electrons. The van der Waals surface area contributed by atoms with Crippen LogP contribution in [0.15, 0.2) is 46.9 Å². The number of rotatable bonds is 4. The zero-order valence-electron chi connectivity index (χ0n) is 10.8. The van der Waals surface area contributed by atoms with E-state index in [0.717, 1.165) is 0 Å². The summed E-state index contributed by atoms with van der Waals surface area (Å²) in [5.74, 6) is -0.926. The maximum absolute atomic E-state index is 14.1. The van der Waals surface area contributed by atoms with Crippen LogP contribution in [0, 0.1) is 11.6 Å². The fourth-order valence-corrected chi connectivity index (χ4v) is 2.32. The van der Waals surface area contributed by atoms with Crippen LogP contribution in [0.1, 0.15) is 12.5 Å². The molecule has 0 amide bonds. The molecule has 2 aromatic carbocycles. The molecule has 0 aliphatic rings. The summed E-state index contributed by atoms with van der Waals surface area (Å²) >= 11 is 3.18. The largest absolute Gasteiger partial charge is 0.394 e. The molecule has 20 heavy (non-hydrogen) atoms. The minimum atomic E-state index is -1.12. The second-order valence-corrected chi connectivity index (χ2v) is 5.63. The second-order valence-electron chi connectivity index (χ2n) is 4.72. The van der Waals surface area contributed by atoms with E-state index in [-0.39, 0.29) is 17.9 Å². The average molecular weight is 342 g/mol. The molecule has 2 rings (SSSR count). The Labute approximate surface area is 124 Å². The molecule has 5 heteroatoms. The Hall–Kier alpha value is -1.46. The number of halogens is 3. The van der Waals surface area contributed by atoms with Gasteiger partial charge in [-0.1, -0.05) is 34.1 Å². The first-order valence-electron chi connectivity index (χ1n) is 6.05. The molecule has 0 heterocycles. The van der Waals surface area contributed by atoms with Crippen molar-refractivity contribution in [2.24, 2.45) is 0 Å². The van der Waals surface area contributed by atoms with Crippen molar-refractivity contribution in [3.63, 3.8) is 0 Å². The summed E-state index contributed by atoms with van der Waals surface area (Å²) in [6.07, 6.45) is 0. The Morgan fingerprint density at radius 1 is 1.15 bits per heavy atom. The molecule has 0 aromatic heterocycles. The summed E-state index contributed by atoms with van der Waals surface area (Å²) in [5.41, 5.74) is -0.634. The topological polar surface area (TPSA) is 32.3 Å². The van der Waals surface area contributed by atoms with E-state index in [1.54, 1.807) is 37.3 Å². The standard InChI is InChI=1S/C15H14BrF2NO/c1-15(9-20,11-7-6-10(16)8-13(11)18)19-14-5-3-2-4-12(14)17/h2-8,19-20H,9H2,1H3. The predicted molar refractivity (Wildman–Crippen MR) is 78.6 cm³/mol. The lowest BCUT2D eigenvalue weighted by Gasteiger charge is -2.31. The summed E-state index contributed by atoms with van der Waals surface area (Å²) in [6.45, 7) is 1.24. The monoisotopic (exact) mass is 341 g/mol. The van der Waals surface area contributed by atoms with Gasteiger partial charge in [0.25, 0.3) is 0 Å². The van der Waals surface area contributed by atoms with Gasteiger partial charge in [0.1, 0.15) is 11.6 Å². The molecule has 1 unspecified atom stereocenters. The van der Waals surface area contributed by atoms with Gasteiger partial charge in [-0.05, 0) is 31.2 Å². The highest BCUT2D eigenvalue weighted by molar-refractivity contribution is 9.10. The van der Waals surface area contributed by atoms with Crippen LogP contribution in [0.5, 0.6) is 0 Å². The van der Waals surface area contributed by atoms with Crippen LogP contribution in [0.25, 0.3) is 0 Å². The summed E-state index contributed by atoms with van der Waals surface area (Å²) in [4.78, 5) is 0. The number of nitrogens with one attached hydrogen (secondary N) is 1. The van der Waals surface area contributed by atoms with Gasteiger partial charge in [-0.2, -0.15) is 0 Å². The van der Waals surface area contributed by atoms with Crippen molar-refractivity contribution in [1.29, 1.82) is 0 Å². The number of anilines is 1. The maximum atomic E-state index is 14.1. The molecule has 2 aromatic rings. The van der Waals surface area contributed by atoms with Crippen molar-refractivity contribution < 1.29 is 13.9 Å². The first-order valence-corrected chi connectivity index (χ1v) is 6.85. The number of aliphatic hydroxyl groups excluding tert-OH is 1. The zero-order chi connectivity index (χ0) is 14.8. The molecule has 0 aliphatic carbocycles. The molecule has 0 saturated carbocycles. The fraction of sp³-hybridized carbons (Fsp3) is 0.200. The Morgan fingerprint density at radius 3 is 2.45 bits per heavy atom. The van der Waals surface area contributed by atoms with Crippen molar-refractivity contribution in [3.05, 3.63) is 64.1 Å². The number of para-hydroxylation sites is 1. The van der Waals surface area contributed by atoms with E-state index in [4.69, 9.17) is 0 Å². The Kier molecular flexibility index (Phi) is 4.40. The molecular formula is C15H14BrF2NO. The minimum absolute atomic E-state index is 0.214. The van der Waals surface area contributed by atoms with Gasteiger partial charge in [0.05, 0.1) is 17.8 Å². The van der Waals surface area contributed by atoms with Gasteiger partial charge in [0, 0.05) is 10.0 Å². The van der Waals surface area contributed by atoms with E-state index < -0.39 is 17.2 Å². The number of hydrogen-bond acceptors (Lipinski definition) is 2. The SMILES string of the molecule is CC(CO)(Nc1ccccc1F)c1ccc(Br)cc1F. The van der Waals surface area contributed by atoms with Gasteiger partial charge in [-0.25, -0.2) is 8.78 Å². The first kappa shape index (κ1) is 14.9. The van der Waals surface area contributed by atoms with E-state index in [9.17, 15) is 13.9 Å². The van der Waals surface area contributed by atoms with Crippen molar-refractivity contribution in [2.75, 3.05) is 11.9 Å². The summed E-state index contributed by atoms with van der Waals surface area (Å²) in [6, 6.07) is 10.6. The predicted octanol–water partition coefficient (Wildman–Crippen LogP) is 4.05. The first-order chi connectivity index (χ1) is 9.46. The van der Waals surface area contributed by atoms with Crippen LogP contribution >= 0.6 is 15.9 Å². The Morgan fingerprint density at radius 2 is 1.85 bits per heavy atom. The Balaban J connectivity index is 2.41. The molecule has 1 atom stereocenters. The van der Waals surface area contributed by atoms with Gasteiger partial charge in [0.2, 0.25) is 0 Å². The van der Waals surface area contributed by atoms with Crippen LogP contribution in [-0.4, -0.2) is 11.7 Å². The Bertz CT molecular complexity index is 621. The highest BCUT2D eigenvalue weighted by Gasteiger charge is 2.29. The molecule has 0 spiro atoms. The quantitative estimate of drug-likeness (QED) is 0.879. The maximum Gasteiger partial charge on any atom is 0.146 e. The average Bonchev–Trinajstić information content (AvgIpc) is 2.41. The van der Waals surface area contributed by atoms with Crippen LogP contribution in [0.4, 0.5) is 14.5 Å². The zero-order valence-corrected chi connectivity index (χ0v) is 12.4. The third-order valence-corrected chi connectivity index (χ3v) is 3.62. The molecule has 2 N–H and O–H groups in total. The van der Waals surface area contributed by atoms with E-state index >= 15 is 0 Å². The van der Waals surface area contributed by atoms with Crippen molar-refractivity contribution >= 4 is 21.6 Å². The highest BCUT2D eigenvalue weighted by Crippen LogP contribution is 2.30. The van der Waals surface area contributed by atoms with E-state index in [2.05, 4.69) is 21.2 Å². The molecular weight excluding hydrogens is 328 g/mol. The minimum Gasteiger partial charge on any atom is -0.394 e. The van der Waals surface area contributed by atoms with Crippen LogP contribution in [0.3, 0.4) is 0 Å². The van der Waals surface area contributed by atoms with Crippen LogP contribution in [0.2, 0.25) is 0 Å². The van der Waals surface area contributed by atoms with Gasteiger partial charge in [-0.15, -0.1) is 0 Å². The number of aliphatic hydroxyl groups is 1. The van der Waals surface area contributed by atoms with Crippen molar-refractivity contribution in [3.8, 4) is 0 Å². The molecule has 0 fully saturated rings. The molecule has 0 saturated heterocycles. The van der Waals surface area contributed by atoms with Crippen molar-refractivity contribution in [1.82, 2.24) is 0 Å². The van der Waals surface area contributed by atoms with Crippen LogP contribution < -0.4 is 5.32 Å². The normalized spacial score (nSPS) is 13.8. The summed E-state index contributed by atoms with van der Waals surface area (Å²) in [5, 5.41) is 12.5. The van der Waals surface area contributed by atoms with Crippen LogP contribution in [-0.2, 0) is 5.54 Å². The fourth-order valence-electron chi connectivity index (χ4n) is 1.99. The van der Waals surface area contributed by atoms with Gasteiger partial charge >= 0.3 is 0 Å². The van der Waals surface area contributed by atoms with E-state index in [0.29, 0.717) is 4.47 Å². The molecule has 0 bridgehead atoms. The lowest BCUT2D eigenvalue weighted by Crippen LogP contribution is -2.37. The highest BCUT2D eigenvalue weighted by atomic mass is 79.9. The molecule has 2 nitrogen and oxygen atoms in total. The summed E-state index contributed by atoms with van der Waals surface area (Å²) < 4.78 is 28.4. The second kappa shape index (κ2) is 5.89. The van der Waals surface area contributed by atoms with Crippen molar-refractivity contribution in [2.45, 2.75) is 12.5 Å². The third-order valence-electron chi connectivity index (χ3n) is 3.13. The third kappa shape index (κ3) is 2.99. The molecule has 0 aliphatic heterocycles.